The van der Waals surface area contributed by atoms with Crippen LogP contribution in [0, 0.1) is 17.5 Å². The van der Waals surface area contributed by atoms with Crippen molar-refractivity contribution in [3.63, 3.8) is 0 Å². The van der Waals surface area contributed by atoms with E-state index in [4.69, 9.17) is 0 Å². The first-order valence-corrected chi connectivity index (χ1v) is 7.66. The lowest BCUT2D eigenvalue weighted by atomic mass is 9.94. The van der Waals surface area contributed by atoms with Gasteiger partial charge in [0.2, 0.25) is 0 Å². The molecule has 3 N–H and O–H groups in total. The maximum atomic E-state index is 14.2. The highest BCUT2D eigenvalue weighted by molar-refractivity contribution is 6.06. The number of allylic oxidation sites excluding steroid dienone is 1. The third kappa shape index (κ3) is 3.26. The first kappa shape index (κ1) is 17.5. The fourth-order valence-electron chi connectivity index (χ4n) is 2.75. The number of benzene rings is 2. The fourth-order valence-corrected chi connectivity index (χ4v) is 2.75. The van der Waals surface area contributed by atoms with E-state index in [9.17, 15) is 22.8 Å². The number of hydrogen-bond acceptors (Lipinski definition) is 2. The lowest BCUT2D eigenvalue weighted by molar-refractivity contribution is -0.113. The number of halogens is 3. The Morgan fingerprint density at radius 1 is 1.00 bits per heavy atom. The molecule has 0 aliphatic carbocycles. The van der Waals surface area contributed by atoms with Crippen LogP contribution in [0.2, 0.25) is 0 Å². The van der Waals surface area contributed by atoms with E-state index in [0.717, 1.165) is 18.2 Å². The molecule has 2 aromatic rings. The second-order valence-electron chi connectivity index (χ2n) is 5.64. The molecular formula is C18H14F3N3O2. The van der Waals surface area contributed by atoms with Gasteiger partial charge in [-0.15, -0.1) is 0 Å². The predicted molar refractivity (Wildman–Crippen MR) is 88.5 cm³/mol. The number of carbonyl (C=O) groups is 2. The Hall–Kier alpha value is -3.29. The van der Waals surface area contributed by atoms with Crippen LogP contribution in [0.5, 0.6) is 0 Å². The van der Waals surface area contributed by atoms with Crippen molar-refractivity contribution in [2.75, 3.05) is 5.32 Å². The maximum absolute atomic E-state index is 14.2. The van der Waals surface area contributed by atoms with Gasteiger partial charge in [0.05, 0.1) is 22.9 Å². The highest BCUT2D eigenvalue weighted by Crippen LogP contribution is 2.31. The number of rotatable bonds is 3. The van der Waals surface area contributed by atoms with E-state index in [2.05, 4.69) is 16.0 Å². The summed E-state index contributed by atoms with van der Waals surface area (Å²) in [5.41, 5.74) is -0.588. The Labute approximate surface area is 146 Å². The molecule has 26 heavy (non-hydrogen) atoms. The van der Waals surface area contributed by atoms with Crippen molar-refractivity contribution in [3.05, 3.63) is 76.7 Å². The summed E-state index contributed by atoms with van der Waals surface area (Å²) in [6.07, 6.45) is 0. The molecule has 0 saturated heterocycles. The third-order valence-electron chi connectivity index (χ3n) is 3.92. The zero-order chi connectivity index (χ0) is 18.8. The van der Waals surface area contributed by atoms with Crippen LogP contribution < -0.4 is 16.0 Å². The zero-order valence-electron chi connectivity index (χ0n) is 13.6. The summed E-state index contributed by atoms with van der Waals surface area (Å²) >= 11 is 0. The molecule has 0 fully saturated rings. The van der Waals surface area contributed by atoms with Crippen molar-refractivity contribution in [2.24, 2.45) is 0 Å². The average Bonchev–Trinajstić information content (AvgIpc) is 2.56. The molecule has 1 heterocycles. The number of hydrogen-bond donors (Lipinski definition) is 3. The van der Waals surface area contributed by atoms with Crippen molar-refractivity contribution in [3.8, 4) is 0 Å². The Bertz CT molecular complexity index is 907. The largest absolute Gasteiger partial charge is 0.326 e. The molecule has 2 aromatic carbocycles. The first-order chi connectivity index (χ1) is 12.4. The molecule has 3 amide bonds. The molecule has 5 nitrogen and oxygen atoms in total. The van der Waals surface area contributed by atoms with E-state index in [1.807, 2.05) is 0 Å². The van der Waals surface area contributed by atoms with Crippen molar-refractivity contribution < 1.29 is 22.8 Å². The molecule has 1 atom stereocenters. The van der Waals surface area contributed by atoms with Crippen LogP contribution in [-0.2, 0) is 4.79 Å². The molecule has 8 heteroatoms. The topological polar surface area (TPSA) is 70.2 Å². The van der Waals surface area contributed by atoms with E-state index in [-0.39, 0.29) is 17.0 Å². The predicted octanol–water partition coefficient (Wildman–Crippen LogP) is 3.37. The van der Waals surface area contributed by atoms with Gasteiger partial charge in [0, 0.05) is 5.70 Å². The highest BCUT2D eigenvalue weighted by Gasteiger charge is 2.34. The summed E-state index contributed by atoms with van der Waals surface area (Å²) in [6, 6.07) is 6.62. The van der Waals surface area contributed by atoms with Gasteiger partial charge in [-0.05, 0) is 31.2 Å². The quantitative estimate of drug-likeness (QED) is 0.785. The minimum Gasteiger partial charge on any atom is -0.326 e. The van der Waals surface area contributed by atoms with Crippen LogP contribution in [0.25, 0.3) is 0 Å². The Kier molecular flexibility index (Phi) is 4.66. The van der Waals surface area contributed by atoms with Gasteiger partial charge in [-0.25, -0.2) is 18.0 Å². The van der Waals surface area contributed by atoms with Gasteiger partial charge >= 0.3 is 6.03 Å². The fraction of sp³-hybridized carbons (Fsp3) is 0.111. The standard InChI is InChI=1S/C18H14F3N3O2/c1-9-14(17(25)23-13-8-3-2-5-10(13)19)16(24-18(26)22-9)15-11(20)6-4-7-12(15)21/h2-8,16H,1H3,(H,23,25)(H2,22,24,26)/t16-/m1/s1. The van der Waals surface area contributed by atoms with Crippen LogP contribution in [0.15, 0.2) is 53.7 Å². The average molecular weight is 361 g/mol. The van der Waals surface area contributed by atoms with E-state index in [1.165, 1.54) is 31.2 Å². The van der Waals surface area contributed by atoms with Gasteiger partial charge in [0.15, 0.2) is 0 Å². The molecule has 3 rings (SSSR count). The van der Waals surface area contributed by atoms with Crippen molar-refractivity contribution in [2.45, 2.75) is 13.0 Å². The lowest BCUT2D eigenvalue weighted by Crippen LogP contribution is -2.46. The molecular weight excluding hydrogens is 347 g/mol. The summed E-state index contributed by atoms with van der Waals surface area (Å²) in [7, 11) is 0. The second kappa shape index (κ2) is 6.91. The second-order valence-corrected chi connectivity index (χ2v) is 5.64. The number of amides is 3. The number of anilines is 1. The van der Waals surface area contributed by atoms with Crippen molar-refractivity contribution in [1.29, 1.82) is 0 Å². The summed E-state index contributed by atoms with van der Waals surface area (Å²) in [4.78, 5) is 24.4. The highest BCUT2D eigenvalue weighted by atomic mass is 19.1. The van der Waals surface area contributed by atoms with Gasteiger partial charge < -0.3 is 16.0 Å². The molecule has 1 aliphatic rings. The minimum atomic E-state index is -1.36. The maximum Gasteiger partial charge on any atom is 0.319 e. The van der Waals surface area contributed by atoms with Gasteiger partial charge in [-0.2, -0.15) is 0 Å². The number of carbonyl (C=O) groups excluding carboxylic acids is 2. The lowest BCUT2D eigenvalue weighted by Gasteiger charge is -2.29. The molecule has 0 saturated carbocycles. The molecule has 1 aliphatic heterocycles. The van der Waals surface area contributed by atoms with Gasteiger partial charge in [-0.3, -0.25) is 4.79 Å². The third-order valence-corrected chi connectivity index (χ3v) is 3.92. The smallest absolute Gasteiger partial charge is 0.319 e. The number of urea groups is 1. The summed E-state index contributed by atoms with van der Waals surface area (Å²) in [5, 5.41) is 7.07. The van der Waals surface area contributed by atoms with E-state index >= 15 is 0 Å². The van der Waals surface area contributed by atoms with E-state index in [0.29, 0.717) is 0 Å². The van der Waals surface area contributed by atoms with Gasteiger partial charge in [-0.1, -0.05) is 18.2 Å². The number of para-hydroxylation sites is 1. The van der Waals surface area contributed by atoms with Crippen molar-refractivity contribution >= 4 is 17.6 Å². The molecule has 0 bridgehead atoms. The van der Waals surface area contributed by atoms with Crippen LogP contribution in [0.4, 0.5) is 23.7 Å². The molecule has 0 spiro atoms. The first-order valence-electron chi connectivity index (χ1n) is 7.66. The van der Waals surface area contributed by atoms with E-state index < -0.39 is 41.0 Å². The molecule has 0 radical (unpaired) electrons. The van der Waals surface area contributed by atoms with Gasteiger partial charge in [0.1, 0.15) is 17.5 Å². The molecule has 0 unspecified atom stereocenters. The van der Waals surface area contributed by atoms with Crippen LogP contribution in [-0.4, -0.2) is 11.9 Å². The molecule has 0 aromatic heterocycles. The summed E-state index contributed by atoms with van der Waals surface area (Å²) in [6.45, 7) is 1.42. The Morgan fingerprint density at radius 2 is 1.62 bits per heavy atom. The normalized spacial score (nSPS) is 16.8. The Morgan fingerprint density at radius 3 is 2.27 bits per heavy atom. The van der Waals surface area contributed by atoms with Crippen LogP contribution >= 0.6 is 0 Å². The summed E-state index contributed by atoms with van der Waals surface area (Å²) in [5.74, 6) is -3.30. The number of nitrogens with one attached hydrogen (secondary N) is 3. The van der Waals surface area contributed by atoms with E-state index in [1.54, 1.807) is 0 Å². The van der Waals surface area contributed by atoms with Crippen molar-refractivity contribution in [1.82, 2.24) is 10.6 Å². The SMILES string of the molecule is CC1=C(C(=O)Nc2ccccc2F)[C@H](c2c(F)cccc2F)NC(=O)N1. The monoisotopic (exact) mass is 361 g/mol. The summed E-state index contributed by atoms with van der Waals surface area (Å²) < 4.78 is 42.2. The zero-order valence-corrected chi connectivity index (χ0v) is 13.6. The minimum absolute atomic E-state index is 0.0949. The van der Waals surface area contributed by atoms with Gasteiger partial charge in [0.25, 0.3) is 5.91 Å². The van der Waals surface area contributed by atoms with Crippen LogP contribution in [0.3, 0.4) is 0 Å². The van der Waals surface area contributed by atoms with Crippen LogP contribution in [0.1, 0.15) is 18.5 Å². The molecule has 134 valence electrons. The Balaban J connectivity index is 2.04.